The Kier molecular flexibility index (Phi) is 9.78. The van der Waals surface area contributed by atoms with E-state index in [9.17, 15) is 25.9 Å². The molecule has 0 bridgehead atoms. The van der Waals surface area contributed by atoms with E-state index in [0.717, 1.165) is 49.9 Å². The largest absolute Gasteiger partial charge is 0.370 e. The van der Waals surface area contributed by atoms with E-state index in [0.29, 0.717) is 37.0 Å². The van der Waals surface area contributed by atoms with Crippen molar-refractivity contribution >= 4 is 25.9 Å². The van der Waals surface area contributed by atoms with Gasteiger partial charge in [-0.05, 0) is 51.5 Å². The van der Waals surface area contributed by atoms with E-state index in [2.05, 4.69) is 49.3 Å². The van der Waals surface area contributed by atoms with E-state index in [1.807, 2.05) is 30.4 Å². The van der Waals surface area contributed by atoms with Crippen molar-refractivity contribution in [3.8, 4) is 0 Å². The zero-order valence-corrected chi connectivity index (χ0v) is 26.7. The monoisotopic (exact) mass is 609 g/mol. The molecular weight excluding hydrogens is 560 g/mol. The Balaban J connectivity index is 1.51. The van der Waals surface area contributed by atoms with Crippen LogP contribution in [0, 0.1) is 22.7 Å². The van der Waals surface area contributed by atoms with Gasteiger partial charge < -0.3 is 4.90 Å². The lowest BCUT2D eigenvalue weighted by molar-refractivity contribution is -0.562. The van der Waals surface area contributed by atoms with Crippen LogP contribution in [0.15, 0.2) is 48.2 Å². The van der Waals surface area contributed by atoms with Crippen molar-refractivity contribution in [1.82, 2.24) is 4.90 Å². The van der Waals surface area contributed by atoms with Crippen LogP contribution in [0.25, 0.3) is 0 Å². The molecule has 4 unspecified atom stereocenters. The molecule has 0 aromatic carbocycles. The predicted molar refractivity (Wildman–Crippen MR) is 164 cm³/mol. The van der Waals surface area contributed by atoms with Gasteiger partial charge >= 0.3 is 0 Å². The summed E-state index contributed by atoms with van der Waals surface area (Å²) in [7, 11) is -8.07. The van der Waals surface area contributed by atoms with E-state index in [-0.39, 0.29) is 22.3 Å². The average Bonchev–Trinajstić information content (AvgIpc) is 3.23. The molecule has 230 valence electrons. The summed E-state index contributed by atoms with van der Waals surface area (Å²) in [6.07, 6.45) is 23.1. The first-order chi connectivity index (χ1) is 19.1. The lowest BCUT2D eigenvalue weighted by Crippen LogP contribution is -2.37. The number of fused-ring (bicyclic) bond motifs is 2. The predicted octanol–water partition coefficient (Wildman–Crippen LogP) is 5.27. The Morgan fingerprint density at radius 2 is 1.37 bits per heavy atom. The summed E-state index contributed by atoms with van der Waals surface area (Å²) in [5, 5.41) is 0. The number of hydrogen-bond donors (Lipinski definition) is 2. The zero-order chi connectivity index (χ0) is 30.1. The van der Waals surface area contributed by atoms with Crippen molar-refractivity contribution in [2.24, 2.45) is 22.7 Å². The minimum Gasteiger partial charge on any atom is -0.370 e. The molecule has 0 amide bonds. The maximum absolute atomic E-state index is 11.5. The normalized spacial score (nSPS) is 31.2. The minimum atomic E-state index is -4.04. The lowest BCUT2D eigenvalue weighted by atomic mass is 9.69. The molecule has 1 saturated heterocycles. The van der Waals surface area contributed by atoms with Crippen molar-refractivity contribution in [2.45, 2.75) is 91.1 Å². The van der Waals surface area contributed by atoms with Gasteiger partial charge in [0.1, 0.15) is 5.75 Å². The fraction of sp³-hybridized carbons (Fsp3) is 0.710. The summed E-state index contributed by atoms with van der Waals surface area (Å²) in [5.74, 6) is 0.400. The van der Waals surface area contributed by atoms with Gasteiger partial charge in [0, 0.05) is 42.1 Å². The Hall–Kier alpha value is -1.75. The van der Waals surface area contributed by atoms with Gasteiger partial charge in [0.2, 0.25) is 0 Å². The molecule has 10 heteroatoms. The highest BCUT2D eigenvalue weighted by atomic mass is 32.2. The van der Waals surface area contributed by atoms with E-state index < -0.39 is 20.2 Å². The van der Waals surface area contributed by atoms with Crippen LogP contribution in [-0.4, -0.2) is 77.8 Å². The Morgan fingerprint density at radius 3 is 2.05 bits per heavy atom. The van der Waals surface area contributed by atoms with Crippen LogP contribution in [0.1, 0.15) is 79.1 Å². The van der Waals surface area contributed by atoms with Crippen molar-refractivity contribution in [2.75, 3.05) is 24.6 Å². The van der Waals surface area contributed by atoms with E-state index in [4.69, 9.17) is 0 Å². The minimum absolute atomic E-state index is 0.0781. The number of allylic oxidation sites excluding steroid dienone is 8. The highest BCUT2D eigenvalue weighted by Gasteiger charge is 2.54. The van der Waals surface area contributed by atoms with Gasteiger partial charge in [-0.3, -0.25) is 9.11 Å². The molecule has 4 rings (SSSR count). The molecule has 41 heavy (non-hydrogen) atoms. The molecular formula is C31H49N2O6S2+. The molecule has 0 aromatic rings. The summed E-state index contributed by atoms with van der Waals surface area (Å²) < 4.78 is 67.1. The second-order valence-corrected chi connectivity index (χ2v) is 16.5. The highest BCUT2D eigenvalue weighted by molar-refractivity contribution is 7.86. The Labute approximate surface area is 247 Å². The molecule has 4 atom stereocenters. The second-order valence-electron chi connectivity index (χ2n) is 13.4. The number of likely N-dealkylation sites (tertiary alicyclic amines) is 1. The van der Waals surface area contributed by atoms with Crippen LogP contribution in [0.2, 0.25) is 0 Å². The van der Waals surface area contributed by atoms with Crippen LogP contribution in [0.3, 0.4) is 0 Å². The van der Waals surface area contributed by atoms with Crippen molar-refractivity contribution in [3.05, 3.63) is 48.2 Å². The maximum Gasteiger partial charge on any atom is 0.271 e. The van der Waals surface area contributed by atoms with Crippen molar-refractivity contribution in [3.63, 3.8) is 0 Å². The molecule has 2 heterocycles. The van der Waals surface area contributed by atoms with Gasteiger partial charge in [0.05, 0.1) is 11.2 Å². The quantitative estimate of drug-likeness (QED) is 0.197. The summed E-state index contributed by atoms with van der Waals surface area (Å²) >= 11 is 0. The fourth-order valence-electron chi connectivity index (χ4n) is 8.24. The van der Waals surface area contributed by atoms with E-state index in [1.54, 1.807) is 0 Å². The van der Waals surface area contributed by atoms with Crippen molar-refractivity contribution in [1.29, 1.82) is 0 Å². The molecule has 0 radical (unpaired) electrons. The molecule has 2 aliphatic carbocycles. The summed E-state index contributed by atoms with van der Waals surface area (Å²) in [5.41, 5.74) is 2.09. The Bertz CT molecular complexity index is 1340. The maximum atomic E-state index is 11.5. The summed E-state index contributed by atoms with van der Waals surface area (Å²) in [4.78, 5) is 2.21. The van der Waals surface area contributed by atoms with Crippen LogP contribution >= 0.6 is 0 Å². The first kappa shape index (κ1) is 32.2. The molecule has 2 N–H and O–H groups in total. The zero-order valence-electron chi connectivity index (χ0n) is 25.1. The van der Waals surface area contributed by atoms with Gasteiger partial charge in [-0.15, -0.1) is 0 Å². The van der Waals surface area contributed by atoms with Crippen LogP contribution in [-0.2, 0) is 20.2 Å². The topological polar surface area (TPSA) is 115 Å². The third-order valence-electron chi connectivity index (χ3n) is 10.2. The van der Waals surface area contributed by atoms with E-state index in [1.165, 1.54) is 12.8 Å². The highest BCUT2D eigenvalue weighted by Crippen LogP contribution is 2.53. The molecule has 2 aliphatic heterocycles. The molecule has 3 fully saturated rings. The number of rotatable bonds is 10. The van der Waals surface area contributed by atoms with Gasteiger partial charge in [-0.1, -0.05) is 63.5 Å². The number of nitrogens with zero attached hydrogens (tertiary/aromatic N) is 2. The van der Waals surface area contributed by atoms with Gasteiger partial charge in [-0.25, -0.2) is 4.58 Å². The van der Waals surface area contributed by atoms with Crippen LogP contribution < -0.4 is 0 Å². The summed E-state index contributed by atoms with van der Waals surface area (Å²) in [6, 6.07) is 0.607. The van der Waals surface area contributed by atoms with Gasteiger partial charge in [-0.2, -0.15) is 16.8 Å². The molecule has 4 aliphatic rings. The van der Waals surface area contributed by atoms with Crippen LogP contribution in [0.5, 0.6) is 0 Å². The molecule has 0 spiro atoms. The standard InChI is InChI=1S/C31H48N2O6S2/c1-30(2)24-14-10-12-16-26(24)32(20-22-40(34,35)36)28(30)18-8-6-5-7-9-19-29-31(3,4)25-15-11-13-17-27(25)33(29)21-23-41(37,38)39/h5-9,18-19,24-27H,10-17,20-23H2,1-4H3,(H-,34,35,36,37,38,39)/p+1. The van der Waals surface area contributed by atoms with Crippen LogP contribution in [0.4, 0.5) is 0 Å². The third-order valence-corrected chi connectivity index (χ3v) is 11.6. The summed E-state index contributed by atoms with van der Waals surface area (Å²) in [6.45, 7) is 9.57. The fourth-order valence-corrected chi connectivity index (χ4v) is 9.09. The molecule has 8 nitrogen and oxygen atoms in total. The van der Waals surface area contributed by atoms with Gasteiger partial charge in [0.25, 0.3) is 20.2 Å². The third kappa shape index (κ3) is 7.43. The first-order valence-corrected chi connectivity index (χ1v) is 18.4. The van der Waals surface area contributed by atoms with Crippen molar-refractivity contribution < 1.29 is 30.5 Å². The van der Waals surface area contributed by atoms with Gasteiger partial charge in [0.15, 0.2) is 18.3 Å². The SMILES string of the molecule is CC1(C)C(/C=C/C=C/C=C/C=C2/N(CCS(=O)(=O)O)C3CCCCC3C2(C)C)=[N+](CCS(=O)(=O)O)C2CCCCC21. The smallest absolute Gasteiger partial charge is 0.271 e. The Morgan fingerprint density at radius 1 is 0.780 bits per heavy atom. The molecule has 0 aromatic heterocycles. The first-order valence-electron chi connectivity index (χ1n) is 15.2. The number of hydrogen-bond acceptors (Lipinski definition) is 5. The average molecular weight is 610 g/mol. The second kappa shape index (κ2) is 12.5. The lowest BCUT2D eigenvalue weighted by Gasteiger charge is -2.34. The molecule has 2 saturated carbocycles. The van der Waals surface area contributed by atoms with E-state index >= 15 is 0 Å².